The van der Waals surface area contributed by atoms with E-state index in [9.17, 15) is 9.59 Å². The predicted octanol–water partition coefficient (Wildman–Crippen LogP) is 1.08. The van der Waals surface area contributed by atoms with E-state index in [4.69, 9.17) is 5.11 Å². The third kappa shape index (κ3) is 3.18. The van der Waals surface area contributed by atoms with Crippen LogP contribution >= 0.6 is 15.9 Å². The van der Waals surface area contributed by atoms with Crippen LogP contribution in [0, 0.1) is 6.92 Å². The first-order valence-corrected chi connectivity index (χ1v) is 6.31. The van der Waals surface area contributed by atoms with E-state index >= 15 is 0 Å². The maximum Gasteiger partial charge on any atom is 0.358 e. The highest BCUT2D eigenvalue weighted by Gasteiger charge is 2.16. The number of nitrogens with one attached hydrogen (secondary N) is 1. The molecule has 0 unspecified atom stereocenters. The average Bonchev–Trinajstić information content (AvgIpc) is 2.74. The summed E-state index contributed by atoms with van der Waals surface area (Å²) < 4.78 is 2.02. The lowest BCUT2D eigenvalue weighted by Crippen LogP contribution is -2.21. The molecule has 2 aromatic rings. The number of carbonyl (C=O) groups is 2. The van der Waals surface area contributed by atoms with Crippen LogP contribution in [0.4, 0.5) is 5.82 Å². The van der Waals surface area contributed by atoms with Crippen molar-refractivity contribution in [2.45, 2.75) is 13.5 Å². The van der Waals surface area contributed by atoms with Gasteiger partial charge in [-0.05, 0) is 35.0 Å². The van der Waals surface area contributed by atoms with Crippen molar-refractivity contribution in [3.63, 3.8) is 0 Å². The van der Waals surface area contributed by atoms with Gasteiger partial charge >= 0.3 is 5.97 Å². The molecule has 0 aliphatic heterocycles. The SMILES string of the molecule is Cc1c(C(=O)O)nnn1CC(=O)Nc1ccc(Br)cn1. The lowest BCUT2D eigenvalue weighted by molar-refractivity contribution is -0.117. The molecule has 0 atom stereocenters. The Labute approximate surface area is 121 Å². The van der Waals surface area contributed by atoms with Gasteiger partial charge in [0.15, 0.2) is 5.69 Å². The minimum atomic E-state index is -1.18. The molecule has 0 spiro atoms. The fraction of sp³-hybridized carbons (Fsp3) is 0.182. The topological polar surface area (TPSA) is 110 Å². The fourth-order valence-corrected chi connectivity index (χ4v) is 1.71. The third-order valence-corrected chi connectivity index (χ3v) is 2.94. The zero-order chi connectivity index (χ0) is 14.7. The number of aromatic nitrogens is 4. The van der Waals surface area contributed by atoms with Crippen molar-refractivity contribution in [2.24, 2.45) is 0 Å². The van der Waals surface area contributed by atoms with Gasteiger partial charge in [-0.1, -0.05) is 5.21 Å². The van der Waals surface area contributed by atoms with E-state index in [-0.39, 0.29) is 18.1 Å². The van der Waals surface area contributed by atoms with Crippen molar-refractivity contribution < 1.29 is 14.7 Å². The Hall–Kier alpha value is -2.29. The maximum atomic E-state index is 11.8. The van der Waals surface area contributed by atoms with Gasteiger partial charge in [-0.25, -0.2) is 14.5 Å². The van der Waals surface area contributed by atoms with Crippen LogP contribution in [-0.2, 0) is 11.3 Å². The Kier molecular flexibility index (Phi) is 4.08. The summed E-state index contributed by atoms with van der Waals surface area (Å²) in [5.41, 5.74) is 0.149. The summed E-state index contributed by atoms with van der Waals surface area (Å²) in [6, 6.07) is 3.38. The molecule has 0 radical (unpaired) electrons. The van der Waals surface area contributed by atoms with Crippen molar-refractivity contribution >= 4 is 33.6 Å². The number of pyridine rings is 1. The van der Waals surface area contributed by atoms with Gasteiger partial charge in [-0.3, -0.25) is 4.79 Å². The van der Waals surface area contributed by atoms with Crippen LogP contribution in [-0.4, -0.2) is 37.0 Å². The molecule has 0 saturated carbocycles. The van der Waals surface area contributed by atoms with Gasteiger partial charge in [0, 0.05) is 10.7 Å². The molecule has 0 aliphatic rings. The zero-order valence-corrected chi connectivity index (χ0v) is 12.0. The number of nitrogens with zero attached hydrogens (tertiary/aromatic N) is 4. The number of anilines is 1. The quantitative estimate of drug-likeness (QED) is 0.862. The van der Waals surface area contributed by atoms with E-state index in [1.807, 2.05) is 0 Å². The summed E-state index contributed by atoms with van der Waals surface area (Å²) in [6.07, 6.45) is 1.55. The van der Waals surface area contributed by atoms with E-state index in [1.165, 1.54) is 11.6 Å². The monoisotopic (exact) mass is 339 g/mol. The van der Waals surface area contributed by atoms with E-state index in [2.05, 4.69) is 36.5 Å². The molecule has 0 fully saturated rings. The van der Waals surface area contributed by atoms with Gasteiger partial charge in [0.1, 0.15) is 12.4 Å². The molecule has 104 valence electrons. The van der Waals surface area contributed by atoms with E-state index < -0.39 is 5.97 Å². The molecule has 2 rings (SSSR count). The van der Waals surface area contributed by atoms with E-state index in [0.29, 0.717) is 11.5 Å². The number of amides is 1. The number of hydrogen-bond donors (Lipinski definition) is 2. The highest BCUT2D eigenvalue weighted by Crippen LogP contribution is 2.10. The molecule has 2 heterocycles. The van der Waals surface area contributed by atoms with Crippen LogP contribution < -0.4 is 5.32 Å². The Morgan fingerprint density at radius 2 is 2.20 bits per heavy atom. The van der Waals surface area contributed by atoms with Crippen molar-refractivity contribution in [2.75, 3.05) is 5.32 Å². The van der Waals surface area contributed by atoms with Crippen LogP contribution in [0.3, 0.4) is 0 Å². The molecule has 0 aromatic carbocycles. The van der Waals surface area contributed by atoms with Crippen molar-refractivity contribution in [3.8, 4) is 0 Å². The normalized spacial score (nSPS) is 10.3. The van der Waals surface area contributed by atoms with Gasteiger partial charge in [-0.2, -0.15) is 0 Å². The molecule has 0 aliphatic carbocycles. The molecule has 20 heavy (non-hydrogen) atoms. The Balaban J connectivity index is 2.05. The molecule has 0 saturated heterocycles. The van der Waals surface area contributed by atoms with Gasteiger partial charge in [-0.15, -0.1) is 5.10 Å². The number of halogens is 1. The lowest BCUT2D eigenvalue weighted by Gasteiger charge is -2.05. The Morgan fingerprint density at radius 3 is 2.75 bits per heavy atom. The summed E-state index contributed by atoms with van der Waals surface area (Å²) in [5.74, 6) is -1.15. The summed E-state index contributed by atoms with van der Waals surface area (Å²) in [5, 5.41) is 18.5. The first kappa shape index (κ1) is 14.1. The molecule has 2 N–H and O–H groups in total. The van der Waals surface area contributed by atoms with Crippen LogP contribution in [0.25, 0.3) is 0 Å². The second-order valence-electron chi connectivity index (χ2n) is 3.90. The Bertz CT molecular complexity index is 653. The van der Waals surface area contributed by atoms with Crippen LogP contribution in [0.5, 0.6) is 0 Å². The molecule has 0 bridgehead atoms. The molecule has 2 aromatic heterocycles. The summed E-state index contributed by atoms with van der Waals surface area (Å²) in [7, 11) is 0. The largest absolute Gasteiger partial charge is 0.476 e. The second-order valence-corrected chi connectivity index (χ2v) is 4.81. The fourth-order valence-electron chi connectivity index (χ4n) is 1.48. The van der Waals surface area contributed by atoms with Gasteiger partial charge in [0.05, 0.1) is 5.69 Å². The molecule has 9 heteroatoms. The van der Waals surface area contributed by atoms with E-state index in [0.717, 1.165) is 4.47 Å². The Morgan fingerprint density at radius 1 is 1.45 bits per heavy atom. The number of rotatable bonds is 4. The smallest absolute Gasteiger partial charge is 0.358 e. The third-order valence-electron chi connectivity index (χ3n) is 2.47. The zero-order valence-electron chi connectivity index (χ0n) is 10.4. The summed E-state index contributed by atoms with van der Waals surface area (Å²) in [6.45, 7) is 1.40. The molecule has 8 nitrogen and oxygen atoms in total. The van der Waals surface area contributed by atoms with Crippen LogP contribution in [0.1, 0.15) is 16.2 Å². The highest BCUT2D eigenvalue weighted by atomic mass is 79.9. The van der Waals surface area contributed by atoms with E-state index in [1.54, 1.807) is 18.3 Å². The van der Waals surface area contributed by atoms with Crippen LogP contribution in [0.2, 0.25) is 0 Å². The first-order chi connectivity index (χ1) is 9.47. The standard InChI is InChI=1S/C11H10BrN5O3/c1-6-10(11(19)20)15-16-17(6)5-9(18)14-8-3-2-7(12)4-13-8/h2-4H,5H2,1H3,(H,19,20)(H,13,14,18). The number of hydrogen-bond acceptors (Lipinski definition) is 5. The number of carboxylic acid groups (broad SMARTS) is 1. The van der Waals surface area contributed by atoms with Gasteiger partial charge in [0.25, 0.3) is 0 Å². The number of aromatic carboxylic acids is 1. The molecular formula is C11H10BrN5O3. The van der Waals surface area contributed by atoms with Gasteiger partial charge < -0.3 is 10.4 Å². The lowest BCUT2D eigenvalue weighted by atomic mass is 10.3. The summed E-state index contributed by atoms with van der Waals surface area (Å²) >= 11 is 3.24. The second kappa shape index (κ2) is 5.78. The van der Waals surface area contributed by atoms with Crippen molar-refractivity contribution in [1.82, 2.24) is 20.0 Å². The van der Waals surface area contributed by atoms with Crippen molar-refractivity contribution in [3.05, 3.63) is 34.2 Å². The van der Waals surface area contributed by atoms with Crippen molar-refractivity contribution in [1.29, 1.82) is 0 Å². The van der Waals surface area contributed by atoms with Crippen LogP contribution in [0.15, 0.2) is 22.8 Å². The average molecular weight is 340 g/mol. The predicted molar refractivity (Wildman–Crippen MR) is 72.3 cm³/mol. The summed E-state index contributed by atoms with van der Waals surface area (Å²) in [4.78, 5) is 26.6. The minimum absolute atomic E-state index is 0.135. The number of carboxylic acids is 1. The van der Waals surface area contributed by atoms with Gasteiger partial charge in [0.2, 0.25) is 5.91 Å². The minimum Gasteiger partial charge on any atom is -0.476 e. The molecular weight excluding hydrogens is 330 g/mol. The first-order valence-electron chi connectivity index (χ1n) is 5.52. The highest BCUT2D eigenvalue weighted by molar-refractivity contribution is 9.10. The number of carbonyl (C=O) groups excluding carboxylic acids is 1. The molecule has 1 amide bonds. The maximum absolute atomic E-state index is 11.8.